The number of nitrogens with one attached hydrogen (secondary N) is 1. The van der Waals surface area contributed by atoms with Crippen molar-refractivity contribution in [3.8, 4) is 0 Å². The second-order valence-electron chi connectivity index (χ2n) is 4.22. The molecule has 0 heterocycles. The SMILES string of the molecule is CCNc1cccc(N(CCO)CC(F)(F)F)c1[N+](=O)[O-]. The van der Waals surface area contributed by atoms with E-state index in [0.29, 0.717) is 6.54 Å². The lowest BCUT2D eigenvalue weighted by Gasteiger charge is -2.25. The summed E-state index contributed by atoms with van der Waals surface area (Å²) in [5.74, 6) is 0. The maximum absolute atomic E-state index is 12.6. The lowest BCUT2D eigenvalue weighted by molar-refractivity contribution is -0.383. The predicted octanol–water partition coefficient (Wildman–Crippen LogP) is 2.39. The average molecular weight is 307 g/mol. The molecule has 0 aliphatic heterocycles. The Labute approximate surface area is 119 Å². The molecule has 1 aromatic rings. The molecule has 9 heteroatoms. The third kappa shape index (κ3) is 4.78. The summed E-state index contributed by atoms with van der Waals surface area (Å²) in [6.07, 6.45) is -4.53. The molecular formula is C12H16F3N3O3. The van der Waals surface area contributed by atoms with Gasteiger partial charge in [0, 0.05) is 13.1 Å². The van der Waals surface area contributed by atoms with Crippen LogP contribution in [0.2, 0.25) is 0 Å². The quantitative estimate of drug-likeness (QED) is 0.597. The molecule has 0 atom stereocenters. The van der Waals surface area contributed by atoms with Crippen LogP contribution in [0.15, 0.2) is 18.2 Å². The molecule has 1 rings (SSSR count). The fraction of sp³-hybridized carbons (Fsp3) is 0.500. The Hall–Kier alpha value is -2.03. The van der Waals surface area contributed by atoms with E-state index in [2.05, 4.69) is 5.32 Å². The monoisotopic (exact) mass is 307 g/mol. The van der Waals surface area contributed by atoms with Gasteiger partial charge >= 0.3 is 11.9 Å². The van der Waals surface area contributed by atoms with Crippen LogP contribution in [0.25, 0.3) is 0 Å². The summed E-state index contributed by atoms with van der Waals surface area (Å²) in [5, 5.41) is 22.8. The Morgan fingerprint density at radius 2 is 2.10 bits per heavy atom. The van der Waals surface area contributed by atoms with Gasteiger partial charge in [-0.15, -0.1) is 0 Å². The Kier molecular flexibility index (Phi) is 5.77. The molecule has 0 spiro atoms. The van der Waals surface area contributed by atoms with Crippen LogP contribution >= 0.6 is 0 Å². The fourth-order valence-corrected chi connectivity index (χ4v) is 1.93. The molecule has 2 N–H and O–H groups in total. The van der Waals surface area contributed by atoms with E-state index >= 15 is 0 Å². The summed E-state index contributed by atoms with van der Waals surface area (Å²) in [7, 11) is 0. The van der Waals surface area contributed by atoms with Crippen molar-refractivity contribution < 1.29 is 23.2 Å². The largest absolute Gasteiger partial charge is 0.405 e. The summed E-state index contributed by atoms with van der Waals surface area (Å²) in [6.45, 7) is -0.153. The zero-order chi connectivity index (χ0) is 16.0. The van der Waals surface area contributed by atoms with Gasteiger partial charge in [-0.2, -0.15) is 13.2 Å². The van der Waals surface area contributed by atoms with Crippen LogP contribution in [-0.4, -0.2) is 42.4 Å². The molecule has 0 unspecified atom stereocenters. The number of hydrogen-bond donors (Lipinski definition) is 2. The van der Waals surface area contributed by atoms with Crippen LogP contribution in [0, 0.1) is 10.1 Å². The smallest absolute Gasteiger partial charge is 0.395 e. The number of nitrogens with zero attached hydrogens (tertiary/aromatic N) is 2. The minimum absolute atomic E-state index is 0.144. The highest BCUT2D eigenvalue weighted by Crippen LogP contribution is 2.36. The topological polar surface area (TPSA) is 78.6 Å². The summed E-state index contributed by atoms with van der Waals surface area (Å²) in [6, 6.07) is 4.09. The number of halogens is 3. The second kappa shape index (κ2) is 7.11. The van der Waals surface area contributed by atoms with Gasteiger partial charge in [-0.3, -0.25) is 10.1 Å². The summed E-state index contributed by atoms with van der Waals surface area (Å²) in [5.41, 5.74) is -0.466. The van der Waals surface area contributed by atoms with Crippen molar-refractivity contribution in [2.75, 3.05) is 36.5 Å². The number of anilines is 2. The average Bonchev–Trinajstić information content (AvgIpc) is 2.36. The maximum Gasteiger partial charge on any atom is 0.405 e. The molecule has 0 saturated heterocycles. The van der Waals surface area contributed by atoms with Crippen LogP contribution in [0.5, 0.6) is 0 Å². The number of rotatable bonds is 7. The second-order valence-corrected chi connectivity index (χ2v) is 4.22. The predicted molar refractivity (Wildman–Crippen MR) is 72.6 cm³/mol. The van der Waals surface area contributed by atoms with E-state index in [1.807, 2.05) is 0 Å². The third-order valence-corrected chi connectivity index (χ3v) is 2.65. The van der Waals surface area contributed by atoms with Gasteiger partial charge in [0.15, 0.2) is 0 Å². The van der Waals surface area contributed by atoms with E-state index < -0.39 is 29.9 Å². The number of aliphatic hydroxyl groups is 1. The number of alkyl halides is 3. The highest BCUT2D eigenvalue weighted by molar-refractivity contribution is 5.77. The first-order valence-electron chi connectivity index (χ1n) is 6.24. The van der Waals surface area contributed by atoms with Crippen LogP contribution in [0.4, 0.5) is 30.2 Å². The van der Waals surface area contributed by atoms with E-state index in [-0.39, 0.29) is 17.9 Å². The number of para-hydroxylation sites is 1. The molecule has 0 bridgehead atoms. The van der Waals surface area contributed by atoms with Crippen LogP contribution in [0.1, 0.15) is 6.92 Å². The van der Waals surface area contributed by atoms with Crippen molar-refractivity contribution in [2.45, 2.75) is 13.1 Å². The molecule has 118 valence electrons. The van der Waals surface area contributed by atoms with Crippen LogP contribution in [-0.2, 0) is 0 Å². The van der Waals surface area contributed by atoms with E-state index in [4.69, 9.17) is 5.11 Å². The number of benzene rings is 1. The molecule has 0 aliphatic rings. The van der Waals surface area contributed by atoms with Gasteiger partial charge in [-0.05, 0) is 19.1 Å². The Morgan fingerprint density at radius 3 is 2.57 bits per heavy atom. The summed E-state index contributed by atoms with van der Waals surface area (Å²) in [4.78, 5) is 11.2. The molecule has 0 amide bonds. The summed E-state index contributed by atoms with van der Waals surface area (Å²) >= 11 is 0. The number of aliphatic hydroxyl groups excluding tert-OH is 1. The molecular weight excluding hydrogens is 291 g/mol. The first-order chi connectivity index (χ1) is 9.80. The van der Waals surface area contributed by atoms with E-state index in [1.54, 1.807) is 6.92 Å². The first-order valence-corrected chi connectivity index (χ1v) is 6.24. The van der Waals surface area contributed by atoms with Gasteiger partial charge in [0.1, 0.15) is 17.9 Å². The van der Waals surface area contributed by atoms with Crippen LogP contribution in [0.3, 0.4) is 0 Å². The molecule has 21 heavy (non-hydrogen) atoms. The van der Waals surface area contributed by atoms with Gasteiger partial charge in [-0.25, -0.2) is 0 Å². The van der Waals surface area contributed by atoms with Gasteiger partial charge < -0.3 is 15.3 Å². The zero-order valence-electron chi connectivity index (χ0n) is 11.4. The molecule has 0 radical (unpaired) electrons. The molecule has 0 saturated carbocycles. The highest BCUT2D eigenvalue weighted by Gasteiger charge is 2.34. The molecule has 0 fully saturated rings. The van der Waals surface area contributed by atoms with E-state index in [9.17, 15) is 23.3 Å². The van der Waals surface area contributed by atoms with Crippen molar-refractivity contribution in [3.63, 3.8) is 0 Å². The minimum Gasteiger partial charge on any atom is -0.395 e. The summed E-state index contributed by atoms with van der Waals surface area (Å²) < 4.78 is 37.8. The maximum atomic E-state index is 12.6. The Morgan fingerprint density at radius 1 is 1.43 bits per heavy atom. The van der Waals surface area contributed by atoms with Gasteiger partial charge in [-0.1, -0.05) is 6.07 Å². The first kappa shape index (κ1) is 17.0. The zero-order valence-corrected chi connectivity index (χ0v) is 11.4. The van der Waals surface area contributed by atoms with Crippen LogP contribution < -0.4 is 10.2 Å². The molecule has 6 nitrogen and oxygen atoms in total. The highest BCUT2D eigenvalue weighted by atomic mass is 19.4. The van der Waals surface area contributed by atoms with Crippen molar-refractivity contribution in [1.82, 2.24) is 0 Å². The minimum atomic E-state index is -4.53. The van der Waals surface area contributed by atoms with E-state index in [0.717, 1.165) is 4.90 Å². The standard InChI is InChI=1S/C12H16F3N3O3/c1-2-16-9-4-3-5-10(11(9)18(20)21)17(6-7-19)8-12(13,14)15/h3-5,16,19H,2,6-8H2,1H3. The molecule has 1 aromatic carbocycles. The van der Waals surface area contributed by atoms with Crippen molar-refractivity contribution in [2.24, 2.45) is 0 Å². The molecule has 0 aromatic heterocycles. The number of hydrogen-bond acceptors (Lipinski definition) is 5. The van der Waals surface area contributed by atoms with Gasteiger partial charge in [0.05, 0.1) is 11.5 Å². The van der Waals surface area contributed by atoms with Gasteiger partial charge in [0.2, 0.25) is 0 Å². The lowest BCUT2D eigenvalue weighted by Crippen LogP contribution is -2.36. The van der Waals surface area contributed by atoms with Crippen molar-refractivity contribution in [1.29, 1.82) is 0 Å². The van der Waals surface area contributed by atoms with Crippen molar-refractivity contribution >= 4 is 17.1 Å². The number of nitro groups is 1. The van der Waals surface area contributed by atoms with E-state index in [1.165, 1.54) is 18.2 Å². The Bertz CT molecular complexity index is 494. The fourth-order valence-electron chi connectivity index (χ4n) is 1.93. The number of nitro benzene ring substituents is 1. The third-order valence-electron chi connectivity index (χ3n) is 2.65. The normalized spacial score (nSPS) is 11.3. The molecule has 0 aliphatic carbocycles. The van der Waals surface area contributed by atoms with Gasteiger partial charge in [0.25, 0.3) is 0 Å². The Balaban J connectivity index is 3.29. The van der Waals surface area contributed by atoms with Crippen molar-refractivity contribution in [3.05, 3.63) is 28.3 Å². The lowest BCUT2D eigenvalue weighted by atomic mass is 10.2.